The van der Waals surface area contributed by atoms with Crippen LogP contribution in [0.15, 0.2) is 48.2 Å². The molecule has 0 amide bonds. The number of carbonyl (C=O) groups excluding carboxylic acids is 1. The fourth-order valence-corrected chi connectivity index (χ4v) is 3.83. The minimum Gasteiger partial charge on any atom is -0.509 e. The number of aliphatic hydroxyl groups excluding tert-OH is 1. The lowest BCUT2D eigenvalue weighted by atomic mass is 10.1. The third-order valence-electron chi connectivity index (χ3n) is 5.33. The number of imidazole rings is 1. The zero-order chi connectivity index (χ0) is 22.3. The number of amidine groups is 1. The van der Waals surface area contributed by atoms with Gasteiger partial charge < -0.3 is 19.3 Å². The number of ether oxygens (including phenoxy) is 1. The number of aromatic nitrogens is 2. The van der Waals surface area contributed by atoms with Crippen LogP contribution in [0.3, 0.4) is 0 Å². The fraction of sp³-hybridized carbons (Fsp3) is 0.292. The van der Waals surface area contributed by atoms with E-state index < -0.39 is 0 Å². The molecule has 160 valence electrons. The van der Waals surface area contributed by atoms with Crippen molar-refractivity contribution in [3.05, 3.63) is 65.2 Å². The lowest BCUT2D eigenvalue weighted by Gasteiger charge is -2.19. The van der Waals surface area contributed by atoms with Crippen LogP contribution in [-0.2, 0) is 23.0 Å². The van der Waals surface area contributed by atoms with Crippen molar-refractivity contribution >= 4 is 34.1 Å². The van der Waals surface area contributed by atoms with E-state index >= 15 is 0 Å². The van der Waals surface area contributed by atoms with E-state index in [1.54, 1.807) is 4.90 Å². The normalized spacial score (nSPS) is 14.2. The molecule has 1 aromatic heterocycles. The SMILES string of the molecule is Cc1ccc2c(c1)nc(C1=C(O)CN(c3ccc(CC(=O)OC(C)C)cc3)C1=N)n2C. The number of nitrogens with zero attached hydrogens (tertiary/aromatic N) is 3. The Labute approximate surface area is 181 Å². The van der Waals surface area contributed by atoms with Crippen molar-refractivity contribution < 1.29 is 14.6 Å². The number of anilines is 1. The van der Waals surface area contributed by atoms with Crippen molar-refractivity contribution in [2.75, 3.05) is 11.4 Å². The molecule has 0 atom stereocenters. The Kier molecular flexibility index (Phi) is 5.27. The first kappa shape index (κ1) is 20.7. The first-order valence-electron chi connectivity index (χ1n) is 10.2. The van der Waals surface area contributed by atoms with Crippen LogP contribution in [0, 0.1) is 12.3 Å². The van der Waals surface area contributed by atoms with Crippen LogP contribution in [0.4, 0.5) is 5.69 Å². The van der Waals surface area contributed by atoms with E-state index in [4.69, 9.17) is 10.1 Å². The van der Waals surface area contributed by atoms with E-state index in [0.29, 0.717) is 11.4 Å². The molecule has 0 saturated carbocycles. The zero-order valence-electron chi connectivity index (χ0n) is 18.1. The van der Waals surface area contributed by atoms with Crippen molar-refractivity contribution in [1.82, 2.24) is 9.55 Å². The number of benzene rings is 2. The first-order valence-corrected chi connectivity index (χ1v) is 10.2. The third kappa shape index (κ3) is 3.91. The quantitative estimate of drug-likeness (QED) is 0.608. The molecule has 0 spiro atoms. The highest BCUT2D eigenvalue weighted by Gasteiger charge is 2.32. The van der Waals surface area contributed by atoms with Crippen LogP contribution >= 0.6 is 0 Å². The summed E-state index contributed by atoms with van der Waals surface area (Å²) in [5.41, 5.74) is 4.92. The van der Waals surface area contributed by atoms with Gasteiger partial charge in [-0.15, -0.1) is 0 Å². The predicted molar refractivity (Wildman–Crippen MR) is 121 cm³/mol. The van der Waals surface area contributed by atoms with Gasteiger partial charge in [-0.3, -0.25) is 10.2 Å². The lowest BCUT2D eigenvalue weighted by Crippen LogP contribution is -2.26. The van der Waals surface area contributed by atoms with Gasteiger partial charge in [0, 0.05) is 12.7 Å². The van der Waals surface area contributed by atoms with Crippen molar-refractivity contribution in [3.63, 3.8) is 0 Å². The molecule has 31 heavy (non-hydrogen) atoms. The Morgan fingerprint density at radius 2 is 1.94 bits per heavy atom. The summed E-state index contributed by atoms with van der Waals surface area (Å²) in [5, 5.41) is 19.4. The molecule has 0 aliphatic carbocycles. The lowest BCUT2D eigenvalue weighted by molar-refractivity contribution is -0.146. The van der Waals surface area contributed by atoms with Crippen LogP contribution in [0.2, 0.25) is 0 Å². The molecule has 2 heterocycles. The number of aliphatic hydroxyl groups is 1. The summed E-state index contributed by atoms with van der Waals surface area (Å²) in [6, 6.07) is 13.4. The number of hydrogen-bond acceptors (Lipinski definition) is 5. The summed E-state index contributed by atoms with van der Waals surface area (Å²) < 4.78 is 7.09. The van der Waals surface area contributed by atoms with Gasteiger partial charge in [0.25, 0.3) is 0 Å². The Bertz CT molecular complexity index is 1210. The molecular weight excluding hydrogens is 392 g/mol. The van der Waals surface area contributed by atoms with Gasteiger partial charge in [-0.2, -0.15) is 0 Å². The van der Waals surface area contributed by atoms with E-state index in [1.807, 2.05) is 74.9 Å². The summed E-state index contributed by atoms with van der Waals surface area (Å²) in [5.74, 6) is 0.610. The van der Waals surface area contributed by atoms with Gasteiger partial charge in [0.05, 0.1) is 35.7 Å². The predicted octanol–water partition coefficient (Wildman–Crippen LogP) is 4.14. The minimum absolute atomic E-state index is 0.115. The minimum atomic E-state index is -0.268. The number of esters is 1. The van der Waals surface area contributed by atoms with E-state index in [1.165, 1.54) is 0 Å². The maximum Gasteiger partial charge on any atom is 0.310 e. The average Bonchev–Trinajstić information content (AvgIpc) is 3.17. The molecule has 0 unspecified atom stereocenters. The first-order chi connectivity index (χ1) is 14.7. The smallest absolute Gasteiger partial charge is 0.310 e. The second kappa shape index (κ2) is 7.91. The van der Waals surface area contributed by atoms with Crippen molar-refractivity contribution in [3.8, 4) is 0 Å². The standard InChI is InChI=1S/C24H26N4O3/c1-14(2)31-21(30)12-16-6-8-17(9-7-16)28-13-20(29)22(23(28)25)24-26-18-11-15(3)5-10-19(18)27(24)4/h5-11,14,25,29H,12-13H2,1-4H3. The van der Waals surface area contributed by atoms with Gasteiger partial charge in [0.2, 0.25) is 0 Å². The molecule has 4 rings (SSSR count). The van der Waals surface area contributed by atoms with Crippen LogP contribution in [0.5, 0.6) is 0 Å². The largest absolute Gasteiger partial charge is 0.509 e. The molecule has 0 bridgehead atoms. The molecule has 0 fully saturated rings. The maximum atomic E-state index is 11.9. The molecule has 2 aromatic carbocycles. The molecule has 1 aliphatic rings. The highest BCUT2D eigenvalue weighted by atomic mass is 16.5. The van der Waals surface area contributed by atoms with Gasteiger partial charge >= 0.3 is 5.97 Å². The van der Waals surface area contributed by atoms with E-state index in [-0.39, 0.29) is 36.6 Å². The van der Waals surface area contributed by atoms with Crippen molar-refractivity contribution in [1.29, 1.82) is 5.41 Å². The van der Waals surface area contributed by atoms with Gasteiger partial charge in [-0.05, 0) is 56.2 Å². The number of fused-ring (bicyclic) bond motifs is 1. The van der Waals surface area contributed by atoms with Crippen molar-refractivity contribution in [2.24, 2.45) is 7.05 Å². The number of hydrogen-bond donors (Lipinski definition) is 2. The van der Waals surface area contributed by atoms with Crippen molar-refractivity contribution in [2.45, 2.75) is 33.3 Å². The van der Waals surface area contributed by atoms with Crippen LogP contribution in [0.1, 0.15) is 30.8 Å². The number of aryl methyl sites for hydroxylation is 2. The Hall–Kier alpha value is -3.61. The Balaban J connectivity index is 1.57. The third-order valence-corrected chi connectivity index (χ3v) is 5.33. The monoisotopic (exact) mass is 418 g/mol. The molecule has 7 nitrogen and oxygen atoms in total. The molecule has 1 aliphatic heterocycles. The Morgan fingerprint density at radius 1 is 1.23 bits per heavy atom. The molecule has 2 N–H and O–H groups in total. The Morgan fingerprint density at radius 3 is 2.61 bits per heavy atom. The molecule has 7 heteroatoms. The topological polar surface area (TPSA) is 91.4 Å². The fourth-order valence-electron chi connectivity index (χ4n) is 3.83. The van der Waals surface area contributed by atoms with Gasteiger partial charge in [0.15, 0.2) is 0 Å². The number of nitrogens with one attached hydrogen (secondary N) is 1. The second-order valence-corrected chi connectivity index (χ2v) is 8.12. The van der Waals surface area contributed by atoms with E-state index in [0.717, 1.165) is 27.8 Å². The molecule has 3 aromatic rings. The zero-order valence-corrected chi connectivity index (χ0v) is 18.1. The summed E-state index contributed by atoms with van der Waals surface area (Å²) in [7, 11) is 1.89. The second-order valence-electron chi connectivity index (χ2n) is 8.12. The number of carbonyl (C=O) groups is 1. The molecular formula is C24H26N4O3. The highest BCUT2D eigenvalue weighted by Crippen LogP contribution is 2.32. The van der Waals surface area contributed by atoms with Crippen LogP contribution < -0.4 is 4.90 Å². The average molecular weight is 418 g/mol. The van der Waals surface area contributed by atoms with E-state index in [2.05, 4.69) is 4.98 Å². The van der Waals surface area contributed by atoms with Gasteiger partial charge in [-0.1, -0.05) is 18.2 Å². The maximum absolute atomic E-state index is 11.9. The molecule has 0 saturated heterocycles. The highest BCUT2D eigenvalue weighted by molar-refractivity contribution is 6.30. The van der Waals surface area contributed by atoms with Gasteiger partial charge in [0.1, 0.15) is 17.4 Å². The summed E-state index contributed by atoms with van der Waals surface area (Å²) in [4.78, 5) is 18.3. The summed E-state index contributed by atoms with van der Waals surface area (Å²) >= 11 is 0. The summed E-state index contributed by atoms with van der Waals surface area (Å²) in [6.45, 7) is 5.85. The van der Waals surface area contributed by atoms with E-state index in [9.17, 15) is 9.90 Å². The molecule has 0 radical (unpaired) electrons. The van der Waals surface area contributed by atoms with Crippen LogP contribution in [-0.4, -0.2) is 39.1 Å². The summed E-state index contributed by atoms with van der Waals surface area (Å²) in [6.07, 6.45) is 0.0558. The number of rotatable bonds is 5. The van der Waals surface area contributed by atoms with Crippen LogP contribution in [0.25, 0.3) is 16.6 Å². The van der Waals surface area contributed by atoms with Gasteiger partial charge in [-0.25, -0.2) is 4.98 Å².